The smallest absolute Gasteiger partial charge is 0.412 e. The lowest BCUT2D eigenvalue weighted by Gasteiger charge is -2.30. The molecule has 1 saturated heterocycles. The van der Waals surface area contributed by atoms with E-state index in [2.05, 4.69) is 34.4 Å². The first kappa shape index (κ1) is 47.6. The topological polar surface area (TPSA) is 415 Å². The van der Waals surface area contributed by atoms with Gasteiger partial charge in [0, 0.05) is 37.1 Å². The van der Waals surface area contributed by atoms with Gasteiger partial charge in [0.1, 0.15) is 36.3 Å². The van der Waals surface area contributed by atoms with E-state index < -0.39 is 84.6 Å². The van der Waals surface area contributed by atoms with Crippen molar-refractivity contribution in [2.45, 2.75) is 57.3 Å². The maximum Gasteiger partial charge on any atom is 0.481 e. The Balaban J connectivity index is 0.0000101. The van der Waals surface area contributed by atoms with E-state index in [1.54, 1.807) is 0 Å². The number of aliphatic hydroxyl groups is 3. The van der Waals surface area contributed by atoms with Crippen LogP contribution in [0.15, 0.2) is 12.7 Å². The first-order valence-corrected chi connectivity index (χ1v) is 20.7. The van der Waals surface area contributed by atoms with E-state index >= 15 is 0 Å². The van der Waals surface area contributed by atoms with Crippen LogP contribution in [0.4, 0.5) is 5.82 Å². The summed E-state index contributed by atoms with van der Waals surface area (Å²) in [5.74, 6) is -1.24. The third kappa shape index (κ3) is 14.2. The minimum Gasteiger partial charge on any atom is -0.412 e. The van der Waals surface area contributed by atoms with Crippen LogP contribution in [0.1, 0.15) is 32.9 Å². The molecule has 30 heteroatoms. The number of anilines is 1. The highest BCUT2D eigenvalue weighted by Gasteiger charge is 2.50. The normalized spacial score (nSPS) is 21.8. The van der Waals surface area contributed by atoms with Crippen LogP contribution < -0.4 is 16.4 Å². The summed E-state index contributed by atoms with van der Waals surface area (Å²) in [6.45, 7) is 0.0885. The molecule has 308 valence electrons. The summed E-state index contributed by atoms with van der Waals surface area (Å²) in [7, 11) is -16.4. The zero-order valence-corrected chi connectivity index (χ0v) is 31.9. The van der Waals surface area contributed by atoms with Crippen molar-refractivity contribution in [2.24, 2.45) is 5.41 Å². The van der Waals surface area contributed by atoms with Gasteiger partial charge in [0.2, 0.25) is 11.8 Å². The molecular weight excluding hydrogens is 815 g/mol. The second-order valence-electron chi connectivity index (χ2n) is 11.8. The quantitative estimate of drug-likeness (QED) is 0.0448. The average Bonchev–Trinajstić information content (AvgIpc) is 3.61. The van der Waals surface area contributed by atoms with Crippen molar-refractivity contribution in [1.29, 1.82) is 0 Å². The molecule has 0 aliphatic carbocycles. The summed E-state index contributed by atoms with van der Waals surface area (Å²) in [4.78, 5) is 86.5. The number of imidazole rings is 1. The maximum atomic E-state index is 12.6. The van der Waals surface area contributed by atoms with Gasteiger partial charge in [-0.3, -0.25) is 32.5 Å². The van der Waals surface area contributed by atoms with E-state index in [1.807, 2.05) is 0 Å². The highest BCUT2D eigenvalue weighted by atomic mass is 32.2. The van der Waals surface area contributed by atoms with Crippen LogP contribution in [-0.4, -0.2) is 140 Å². The second kappa shape index (κ2) is 20.1. The lowest BCUT2D eigenvalue weighted by Crippen LogP contribution is -2.46. The Morgan fingerprint density at radius 3 is 2.37 bits per heavy atom. The van der Waals surface area contributed by atoms with Crippen molar-refractivity contribution < 1.29 is 91.1 Å². The van der Waals surface area contributed by atoms with Crippen molar-refractivity contribution in [3.63, 3.8) is 0 Å². The van der Waals surface area contributed by atoms with Gasteiger partial charge in [-0.1, -0.05) is 25.6 Å². The van der Waals surface area contributed by atoms with Crippen LogP contribution in [0.5, 0.6) is 0 Å². The molecule has 54 heavy (non-hydrogen) atoms. The van der Waals surface area contributed by atoms with Crippen molar-refractivity contribution in [3.05, 3.63) is 12.7 Å². The van der Waals surface area contributed by atoms with Crippen molar-refractivity contribution in [2.75, 3.05) is 44.4 Å². The van der Waals surface area contributed by atoms with E-state index in [9.17, 15) is 57.9 Å². The Labute approximate surface area is 309 Å². The number of nitrogen functional groups attached to an aromatic ring is 1. The predicted molar refractivity (Wildman–Crippen MR) is 182 cm³/mol. The summed E-state index contributed by atoms with van der Waals surface area (Å²) in [6, 6.07) is 0. The Morgan fingerprint density at radius 2 is 1.72 bits per heavy atom. The summed E-state index contributed by atoms with van der Waals surface area (Å²) in [5, 5.41) is 34.6. The minimum atomic E-state index is -5.57. The number of ether oxygens (including phenoxy) is 1. The van der Waals surface area contributed by atoms with Gasteiger partial charge >= 0.3 is 23.5 Å². The first-order chi connectivity index (χ1) is 24.6. The Kier molecular flexibility index (Phi) is 17.7. The van der Waals surface area contributed by atoms with Crippen LogP contribution >= 0.6 is 35.2 Å². The number of thioether (sulfide) groups is 1. The number of hydrogen-bond acceptors (Lipinski definition) is 19. The molecule has 2 aromatic rings. The number of nitrogens with two attached hydrogens (primary N) is 1. The maximum absolute atomic E-state index is 12.6. The van der Waals surface area contributed by atoms with E-state index in [0.29, 0.717) is 0 Å². The molecule has 0 bridgehead atoms. The van der Waals surface area contributed by atoms with Crippen LogP contribution in [-0.2, 0) is 50.7 Å². The number of rotatable bonds is 21. The van der Waals surface area contributed by atoms with Gasteiger partial charge in [-0.25, -0.2) is 28.6 Å². The fraction of sp³-hybridized carbons (Fsp3) is 0.667. The number of fused-ring (bicyclic) bond motifs is 1. The summed E-state index contributed by atoms with van der Waals surface area (Å²) in [6.07, 6.45) is -6.99. The standard InChI is InChI=1S/C24H40N7O18P3S.H2O/c1-24(2,19(36)22(37)27-5-3-14(33)26-6-8-53-15(34)4-7-32)10-46-52(43,44)49-51(41,42)45-9-13-18(48-50(38,39)40)17(35)23(47-13)31-12-30-16-20(25)28-11-29-21(16)31;/h11-13,17-19,23,32,35-36H,3-10H2,1-2H3,(H,26,33)(H,27,37)(H,41,42)(H,43,44)(H2,25,28,29)(H2,38,39,40);1H2/t13-,17-,18-,19+,23-;/m1./s1. The Morgan fingerprint density at radius 1 is 1.06 bits per heavy atom. The molecule has 7 atom stereocenters. The monoisotopic (exact) mass is 857 g/mol. The van der Waals surface area contributed by atoms with E-state index in [4.69, 9.17) is 24.6 Å². The Hall–Kier alpha value is -2.52. The number of carbonyl (C=O) groups is 3. The molecule has 13 N–H and O–H groups in total. The lowest BCUT2D eigenvalue weighted by atomic mass is 9.87. The number of nitrogens with zero attached hydrogens (tertiary/aromatic N) is 4. The van der Waals surface area contributed by atoms with Gasteiger partial charge in [0.25, 0.3) is 0 Å². The third-order valence-electron chi connectivity index (χ3n) is 7.08. The number of phosphoric ester groups is 3. The summed E-state index contributed by atoms with van der Waals surface area (Å²) >= 11 is 0.935. The number of phosphoric acid groups is 3. The SMILES string of the molecule is CC(C)(COP(=O)(O)OP(=O)(O)OC[C@H]1O[C@@H](n2cnc3c(N)ncnc32)[C@H](O)[C@@H]1OP(=O)(O)O)[C@@H](O)C(=O)NCCC(=O)NCCSC(=O)CCO.O. The molecule has 0 aromatic carbocycles. The highest BCUT2D eigenvalue weighted by molar-refractivity contribution is 8.13. The Bertz CT molecular complexity index is 1750. The van der Waals surface area contributed by atoms with Gasteiger partial charge in [0.15, 0.2) is 22.8 Å². The van der Waals surface area contributed by atoms with E-state index in [1.165, 1.54) is 13.8 Å². The van der Waals surface area contributed by atoms with Crippen LogP contribution in [0.2, 0.25) is 0 Å². The molecule has 3 rings (SSSR count). The van der Waals surface area contributed by atoms with Crippen LogP contribution in [0.25, 0.3) is 11.2 Å². The van der Waals surface area contributed by atoms with Gasteiger partial charge < -0.3 is 61.5 Å². The van der Waals surface area contributed by atoms with Gasteiger partial charge in [-0.05, 0) is 0 Å². The molecule has 0 spiro atoms. The van der Waals surface area contributed by atoms with Crippen LogP contribution in [0, 0.1) is 5.41 Å². The highest BCUT2D eigenvalue weighted by Crippen LogP contribution is 2.61. The largest absolute Gasteiger partial charge is 0.481 e. The number of carbonyl (C=O) groups excluding carboxylic acids is 3. The molecular formula is C24H42N7O19P3S. The number of nitrogens with one attached hydrogen (secondary N) is 2. The number of aromatic nitrogens is 4. The summed E-state index contributed by atoms with van der Waals surface area (Å²) < 4.78 is 61.9. The van der Waals surface area contributed by atoms with E-state index in [0.717, 1.165) is 29.0 Å². The molecule has 1 fully saturated rings. The second-order valence-corrected chi connectivity index (χ2v) is 17.2. The first-order valence-electron chi connectivity index (χ1n) is 15.2. The molecule has 0 radical (unpaired) electrons. The van der Waals surface area contributed by atoms with Crippen molar-refractivity contribution >= 4 is 69.1 Å². The predicted octanol–water partition coefficient (Wildman–Crippen LogP) is -2.78. The third-order valence-corrected chi connectivity index (χ3v) is 11.1. The molecule has 3 heterocycles. The molecule has 2 unspecified atom stereocenters. The van der Waals surface area contributed by atoms with E-state index in [-0.39, 0.29) is 65.9 Å². The molecule has 26 nitrogen and oxygen atoms in total. The number of aliphatic hydroxyl groups excluding tert-OH is 3. The average molecular weight is 858 g/mol. The molecule has 2 amide bonds. The molecule has 1 aliphatic heterocycles. The number of amides is 2. The fourth-order valence-electron chi connectivity index (χ4n) is 4.46. The van der Waals surface area contributed by atoms with Crippen molar-refractivity contribution in [1.82, 2.24) is 30.2 Å². The van der Waals surface area contributed by atoms with Crippen molar-refractivity contribution in [3.8, 4) is 0 Å². The van der Waals surface area contributed by atoms with Gasteiger partial charge in [-0.2, -0.15) is 4.31 Å². The van der Waals surface area contributed by atoms with Gasteiger partial charge in [-0.15, -0.1) is 0 Å². The minimum absolute atomic E-state index is 0. The fourth-order valence-corrected chi connectivity index (χ4v) is 7.95. The van der Waals surface area contributed by atoms with Gasteiger partial charge in [0.05, 0.1) is 26.1 Å². The molecule has 2 aromatic heterocycles. The lowest BCUT2D eigenvalue weighted by molar-refractivity contribution is -0.137. The zero-order chi connectivity index (χ0) is 39.8. The van der Waals surface area contributed by atoms with Crippen LogP contribution in [0.3, 0.4) is 0 Å². The molecule has 0 saturated carbocycles. The zero-order valence-electron chi connectivity index (χ0n) is 28.4. The molecule has 1 aliphatic rings. The number of hydrogen-bond donors (Lipinski definition) is 10. The summed E-state index contributed by atoms with van der Waals surface area (Å²) in [5.41, 5.74) is 4.23.